The van der Waals surface area contributed by atoms with Crippen molar-refractivity contribution in [1.29, 1.82) is 0 Å². The highest BCUT2D eigenvalue weighted by Gasteiger charge is 2.07. The first-order valence-corrected chi connectivity index (χ1v) is 8.54. The summed E-state index contributed by atoms with van der Waals surface area (Å²) >= 11 is 11.9. The molecule has 0 saturated heterocycles. The molecule has 2 rings (SSSR count). The number of nitrogens with zero attached hydrogens (tertiary/aromatic N) is 2. The van der Waals surface area contributed by atoms with E-state index in [1.165, 1.54) is 6.21 Å². The average molecular weight is 427 g/mol. The number of carboxylic acids is 1. The Kier molecular flexibility index (Phi) is 9.63. The number of benzene rings is 2. The quantitative estimate of drug-likeness (QED) is 0.368. The van der Waals surface area contributed by atoms with Gasteiger partial charge in [0, 0.05) is 6.92 Å². The fourth-order valence-corrected chi connectivity index (χ4v) is 2.16. The molecule has 8 nitrogen and oxygen atoms in total. The number of aliphatic carboxylic acids is 1. The third kappa shape index (κ3) is 8.61. The Morgan fingerprint density at radius 3 is 2.39 bits per heavy atom. The minimum absolute atomic E-state index is 0.115. The van der Waals surface area contributed by atoms with Gasteiger partial charge in [-0.05, 0) is 41.5 Å². The summed E-state index contributed by atoms with van der Waals surface area (Å²) in [5.41, 5.74) is 12.1. The van der Waals surface area contributed by atoms with Crippen molar-refractivity contribution in [1.82, 2.24) is 0 Å². The summed E-state index contributed by atoms with van der Waals surface area (Å²) in [4.78, 5) is 9.00. The van der Waals surface area contributed by atoms with Crippen LogP contribution >= 0.6 is 23.2 Å². The second-order valence-corrected chi connectivity index (χ2v) is 6.05. The first-order valence-electron chi connectivity index (χ1n) is 7.79. The highest BCUT2D eigenvalue weighted by atomic mass is 35.5. The minimum atomic E-state index is -0.833. The van der Waals surface area contributed by atoms with Crippen molar-refractivity contribution in [3.63, 3.8) is 0 Å². The van der Waals surface area contributed by atoms with Gasteiger partial charge in [-0.3, -0.25) is 4.79 Å². The molecule has 0 aromatic heterocycles. The van der Waals surface area contributed by atoms with Gasteiger partial charge in [-0.15, -0.1) is 5.10 Å². The Bertz CT molecular complexity index is 865. The van der Waals surface area contributed by atoms with Crippen molar-refractivity contribution < 1.29 is 19.4 Å². The van der Waals surface area contributed by atoms with E-state index in [9.17, 15) is 0 Å². The standard InChI is InChI=1S/C16H16Cl2N4O2.C2H4O2/c1-23-14-5-3-10(8-21-22-16(19)20)7-15(14)24-9-11-2-4-12(17)13(18)6-11;1-2(3)4/h2-8H,9H2,1H3,(H4,19,20,22);1H3,(H,3,4)/b21-8-;. The van der Waals surface area contributed by atoms with Gasteiger partial charge in [0.2, 0.25) is 5.96 Å². The van der Waals surface area contributed by atoms with Gasteiger partial charge in [-0.2, -0.15) is 5.10 Å². The molecule has 5 N–H and O–H groups in total. The number of carboxylic acid groups (broad SMARTS) is 1. The van der Waals surface area contributed by atoms with Crippen LogP contribution in [0.25, 0.3) is 0 Å². The predicted octanol–water partition coefficient (Wildman–Crippen LogP) is 3.28. The maximum absolute atomic E-state index is 9.00. The number of rotatable bonds is 6. The zero-order valence-corrected chi connectivity index (χ0v) is 16.7. The lowest BCUT2D eigenvalue weighted by atomic mass is 10.2. The van der Waals surface area contributed by atoms with E-state index in [2.05, 4.69) is 10.2 Å². The molecule has 0 aliphatic rings. The molecule has 0 aliphatic carbocycles. The molecule has 0 fully saturated rings. The third-order valence-electron chi connectivity index (χ3n) is 2.95. The summed E-state index contributed by atoms with van der Waals surface area (Å²) in [5.74, 6) is 0.196. The van der Waals surface area contributed by atoms with Gasteiger partial charge in [-0.25, -0.2) is 0 Å². The SMILES string of the molecule is CC(=O)O.COc1ccc(/C=N\N=C(N)N)cc1OCc1ccc(Cl)c(Cl)c1. The molecule has 0 heterocycles. The Morgan fingerprint density at radius 2 is 1.82 bits per heavy atom. The van der Waals surface area contributed by atoms with E-state index in [-0.39, 0.29) is 5.96 Å². The molecule has 2 aromatic rings. The molecule has 0 bridgehead atoms. The van der Waals surface area contributed by atoms with Crippen molar-refractivity contribution in [2.75, 3.05) is 7.11 Å². The number of hydrogen-bond acceptors (Lipinski definition) is 5. The monoisotopic (exact) mass is 426 g/mol. The molecule has 0 amide bonds. The van der Waals surface area contributed by atoms with E-state index in [0.717, 1.165) is 18.1 Å². The van der Waals surface area contributed by atoms with E-state index in [4.69, 9.17) is 54.0 Å². The summed E-state index contributed by atoms with van der Waals surface area (Å²) in [6.07, 6.45) is 1.51. The molecule has 0 radical (unpaired) electrons. The van der Waals surface area contributed by atoms with Crippen LogP contribution in [0.1, 0.15) is 18.1 Å². The molecular weight excluding hydrogens is 407 g/mol. The van der Waals surface area contributed by atoms with Crippen LogP contribution < -0.4 is 20.9 Å². The molecular formula is C18H20Cl2N4O4. The van der Waals surface area contributed by atoms with E-state index in [0.29, 0.717) is 28.2 Å². The zero-order chi connectivity index (χ0) is 21.1. The van der Waals surface area contributed by atoms with Gasteiger partial charge in [0.05, 0.1) is 23.4 Å². The number of halogens is 2. The van der Waals surface area contributed by atoms with Crippen molar-refractivity contribution in [3.8, 4) is 11.5 Å². The molecule has 150 valence electrons. The first-order chi connectivity index (χ1) is 13.2. The Hall–Kier alpha value is -2.97. The smallest absolute Gasteiger partial charge is 0.300 e. The number of hydrogen-bond donors (Lipinski definition) is 3. The Morgan fingerprint density at radius 1 is 1.14 bits per heavy atom. The summed E-state index contributed by atoms with van der Waals surface area (Å²) < 4.78 is 11.1. The molecule has 0 saturated carbocycles. The topological polar surface area (TPSA) is 133 Å². The normalized spacial score (nSPS) is 10.0. The highest BCUT2D eigenvalue weighted by molar-refractivity contribution is 6.42. The molecule has 0 unspecified atom stereocenters. The molecule has 0 aliphatic heterocycles. The van der Waals surface area contributed by atoms with Crippen molar-refractivity contribution in [2.24, 2.45) is 21.7 Å². The molecule has 0 atom stereocenters. The number of nitrogens with two attached hydrogens (primary N) is 2. The summed E-state index contributed by atoms with van der Waals surface area (Å²) in [5, 5.41) is 15.7. The maximum atomic E-state index is 9.00. The number of guanidine groups is 1. The number of carbonyl (C=O) groups is 1. The maximum Gasteiger partial charge on any atom is 0.300 e. The first kappa shape index (κ1) is 23.1. The van der Waals surface area contributed by atoms with Crippen LogP contribution in [-0.2, 0) is 11.4 Å². The lowest BCUT2D eigenvalue weighted by Crippen LogP contribution is -2.21. The summed E-state index contributed by atoms with van der Waals surface area (Å²) in [6, 6.07) is 10.6. The average Bonchev–Trinajstić information content (AvgIpc) is 2.62. The fourth-order valence-electron chi connectivity index (χ4n) is 1.84. The van der Waals surface area contributed by atoms with E-state index in [1.54, 1.807) is 37.4 Å². The van der Waals surface area contributed by atoms with E-state index >= 15 is 0 Å². The van der Waals surface area contributed by atoms with Crippen LogP contribution in [-0.4, -0.2) is 30.4 Å². The van der Waals surface area contributed by atoms with Crippen LogP contribution in [0, 0.1) is 0 Å². The number of ether oxygens (including phenoxy) is 2. The van der Waals surface area contributed by atoms with Crippen LogP contribution in [0.4, 0.5) is 0 Å². The predicted molar refractivity (Wildman–Crippen MR) is 111 cm³/mol. The van der Waals surface area contributed by atoms with Crippen LogP contribution in [0.3, 0.4) is 0 Å². The van der Waals surface area contributed by atoms with Gasteiger partial charge in [0.25, 0.3) is 5.97 Å². The van der Waals surface area contributed by atoms with Gasteiger partial charge in [0.1, 0.15) is 6.61 Å². The van der Waals surface area contributed by atoms with Gasteiger partial charge in [0.15, 0.2) is 11.5 Å². The third-order valence-corrected chi connectivity index (χ3v) is 3.69. The lowest BCUT2D eigenvalue weighted by molar-refractivity contribution is -0.134. The van der Waals surface area contributed by atoms with Crippen molar-refractivity contribution >= 4 is 41.3 Å². The molecule has 2 aromatic carbocycles. The van der Waals surface area contributed by atoms with Gasteiger partial charge in [-0.1, -0.05) is 29.3 Å². The minimum Gasteiger partial charge on any atom is -0.493 e. The van der Waals surface area contributed by atoms with E-state index < -0.39 is 5.97 Å². The van der Waals surface area contributed by atoms with Gasteiger partial charge < -0.3 is 26.0 Å². The second-order valence-electron chi connectivity index (χ2n) is 5.24. The van der Waals surface area contributed by atoms with Crippen LogP contribution in [0.2, 0.25) is 10.0 Å². The number of methoxy groups -OCH3 is 1. The van der Waals surface area contributed by atoms with E-state index in [1.807, 2.05) is 6.07 Å². The molecule has 0 spiro atoms. The van der Waals surface area contributed by atoms with Gasteiger partial charge >= 0.3 is 0 Å². The molecule has 28 heavy (non-hydrogen) atoms. The second kappa shape index (κ2) is 11.7. The van der Waals surface area contributed by atoms with Crippen molar-refractivity contribution in [2.45, 2.75) is 13.5 Å². The highest BCUT2D eigenvalue weighted by Crippen LogP contribution is 2.29. The molecule has 10 heteroatoms. The Labute approximate surface area is 172 Å². The van der Waals surface area contributed by atoms with Crippen LogP contribution in [0.5, 0.6) is 11.5 Å². The zero-order valence-electron chi connectivity index (χ0n) is 15.2. The lowest BCUT2D eigenvalue weighted by Gasteiger charge is -2.11. The van der Waals surface area contributed by atoms with Crippen LogP contribution in [0.15, 0.2) is 46.6 Å². The fraction of sp³-hybridized carbons (Fsp3) is 0.167. The summed E-state index contributed by atoms with van der Waals surface area (Å²) in [7, 11) is 1.56. The summed E-state index contributed by atoms with van der Waals surface area (Å²) in [6.45, 7) is 1.39. The van der Waals surface area contributed by atoms with Crippen molar-refractivity contribution in [3.05, 3.63) is 57.6 Å². The Balaban J connectivity index is 0.000000892. The largest absolute Gasteiger partial charge is 0.493 e.